The second-order valence-electron chi connectivity index (χ2n) is 10.8. The number of methoxy groups -OCH3 is 1. The lowest BCUT2D eigenvalue weighted by atomic mass is 9.84. The number of carbonyl (C=O) groups is 2. The zero-order valence-corrected chi connectivity index (χ0v) is 22.9. The van der Waals surface area contributed by atoms with E-state index in [1.165, 1.54) is 5.56 Å². The molecular formula is C31H33N5O4. The van der Waals surface area contributed by atoms with Crippen molar-refractivity contribution in [3.8, 4) is 5.75 Å². The molecule has 1 N–H and O–H groups in total. The summed E-state index contributed by atoms with van der Waals surface area (Å²) in [6.07, 6.45) is 6.29. The third-order valence-electron chi connectivity index (χ3n) is 8.34. The molecule has 0 saturated heterocycles. The zero-order valence-electron chi connectivity index (χ0n) is 22.9. The molecule has 2 aromatic heterocycles. The van der Waals surface area contributed by atoms with Gasteiger partial charge in [0.2, 0.25) is 0 Å². The largest absolute Gasteiger partial charge is 0.496 e. The Morgan fingerprint density at radius 3 is 2.77 bits per heavy atom. The number of benzene rings is 2. The van der Waals surface area contributed by atoms with E-state index < -0.39 is 11.9 Å². The van der Waals surface area contributed by atoms with Crippen molar-refractivity contribution in [2.75, 3.05) is 13.7 Å². The van der Waals surface area contributed by atoms with E-state index in [1.807, 2.05) is 40.8 Å². The van der Waals surface area contributed by atoms with Gasteiger partial charge in [0, 0.05) is 31.7 Å². The van der Waals surface area contributed by atoms with Crippen molar-refractivity contribution in [2.24, 2.45) is 0 Å². The fourth-order valence-corrected chi connectivity index (χ4v) is 6.10. The number of pyridine rings is 1. The van der Waals surface area contributed by atoms with E-state index in [2.05, 4.69) is 22.4 Å². The summed E-state index contributed by atoms with van der Waals surface area (Å²) < 4.78 is 7.50. The first-order valence-corrected chi connectivity index (χ1v) is 13.9. The maximum absolute atomic E-state index is 13.6. The van der Waals surface area contributed by atoms with Crippen LogP contribution in [-0.4, -0.2) is 55.5 Å². The third-order valence-corrected chi connectivity index (χ3v) is 8.34. The SMILES string of the molecule is COc1cc2ccc1C(=O)N1CCc3ccc(cc3C1)[C@@H](CC(=O)O)c1cnc3c(nnn3CCCCC2)c1C. The van der Waals surface area contributed by atoms with Crippen LogP contribution >= 0.6 is 0 Å². The Morgan fingerprint density at radius 2 is 1.95 bits per heavy atom. The normalized spacial score (nSPS) is 17.5. The van der Waals surface area contributed by atoms with E-state index in [1.54, 1.807) is 13.3 Å². The summed E-state index contributed by atoms with van der Waals surface area (Å²) in [4.78, 5) is 32.2. The summed E-state index contributed by atoms with van der Waals surface area (Å²) >= 11 is 0. The number of carbonyl (C=O) groups excluding carboxylic acids is 1. The summed E-state index contributed by atoms with van der Waals surface area (Å²) in [5, 5.41) is 18.7. The standard InChI is InChI=1S/C31H33N5O4/c1-19-26-17-32-30-29(19)33-34-36(30)12-5-3-4-6-20-7-10-24(27(14-20)40-2)31(39)35-13-11-21-8-9-22(15-23(21)18-35)25(26)16-28(37)38/h7-10,14-15,17,25H,3-6,11-13,16,18H2,1-2H3,(H,37,38)/t25-/m1/s1. The van der Waals surface area contributed by atoms with Gasteiger partial charge in [0.15, 0.2) is 5.65 Å². The van der Waals surface area contributed by atoms with Gasteiger partial charge >= 0.3 is 5.97 Å². The molecule has 1 atom stereocenters. The van der Waals surface area contributed by atoms with Crippen LogP contribution in [0.15, 0.2) is 42.6 Å². The number of aliphatic carboxylic acids is 1. The molecule has 0 aliphatic carbocycles. The minimum atomic E-state index is -0.885. The maximum Gasteiger partial charge on any atom is 0.304 e. The molecule has 5 aliphatic heterocycles. The number of aryl methyl sites for hydroxylation is 3. The second kappa shape index (κ2) is 10.7. The van der Waals surface area contributed by atoms with Gasteiger partial charge in [0.1, 0.15) is 11.3 Å². The number of amides is 1. The van der Waals surface area contributed by atoms with E-state index in [0.717, 1.165) is 65.6 Å². The van der Waals surface area contributed by atoms with Crippen LogP contribution in [0.3, 0.4) is 0 Å². The predicted octanol–water partition coefficient (Wildman–Crippen LogP) is 4.67. The first-order chi connectivity index (χ1) is 19.4. The van der Waals surface area contributed by atoms with Crippen molar-refractivity contribution in [1.82, 2.24) is 24.9 Å². The number of carboxylic acids is 1. The van der Waals surface area contributed by atoms with Crippen LogP contribution in [0, 0.1) is 6.92 Å². The average molecular weight is 540 g/mol. The van der Waals surface area contributed by atoms with Crippen molar-refractivity contribution in [1.29, 1.82) is 0 Å². The highest BCUT2D eigenvalue weighted by Gasteiger charge is 2.27. The van der Waals surface area contributed by atoms with E-state index in [0.29, 0.717) is 36.5 Å². The fourth-order valence-electron chi connectivity index (χ4n) is 6.10. The quantitative estimate of drug-likeness (QED) is 0.403. The van der Waals surface area contributed by atoms with Gasteiger partial charge in [-0.2, -0.15) is 0 Å². The van der Waals surface area contributed by atoms with Gasteiger partial charge < -0.3 is 14.7 Å². The number of nitrogens with zero attached hydrogens (tertiary/aromatic N) is 5. The monoisotopic (exact) mass is 539 g/mol. The fraction of sp³-hybridized carbons (Fsp3) is 0.387. The molecular weight excluding hydrogens is 506 g/mol. The van der Waals surface area contributed by atoms with Crippen LogP contribution in [0.4, 0.5) is 0 Å². The predicted molar refractivity (Wildman–Crippen MR) is 150 cm³/mol. The Kier molecular flexibility index (Phi) is 6.96. The summed E-state index contributed by atoms with van der Waals surface area (Å²) in [6.45, 7) is 3.75. The molecule has 206 valence electrons. The minimum Gasteiger partial charge on any atom is -0.496 e. The van der Waals surface area contributed by atoms with Gasteiger partial charge in [-0.1, -0.05) is 35.9 Å². The molecule has 5 aliphatic rings. The molecule has 0 spiro atoms. The van der Waals surface area contributed by atoms with Crippen molar-refractivity contribution in [3.05, 3.63) is 81.5 Å². The number of rotatable bonds is 3. The average Bonchev–Trinajstić information content (AvgIpc) is 3.38. The molecule has 2 aromatic carbocycles. The Labute approximate surface area is 232 Å². The van der Waals surface area contributed by atoms with Crippen molar-refractivity contribution in [2.45, 2.75) is 64.5 Å². The number of ether oxygens (including phenoxy) is 1. The van der Waals surface area contributed by atoms with E-state index in [9.17, 15) is 14.7 Å². The van der Waals surface area contributed by atoms with E-state index >= 15 is 0 Å². The van der Waals surface area contributed by atoms with Crippen LogP contribution in [-0.2, 0) is 30.7 Å². The van der Waals surface area contributed by atoms with Crippen LogP contribution in [0.5, 0.6) is 5.75 Å². The molecule has 40 heavy (non-hydrogen) atoms. The number of hydrogen-bond acceptors (Lipinski definition) is 6. The summed E-state index contributed by atoms with van der Waals surface area (Å²) in [5.41, 5.74) is 7.98. The summed E-state index contributed by atoms with van der Waals surface area (Å²) in [6, 6.07) is 12.0. The molecule has 9 rings (SSSR count). The van der Waals surface area contributed by atoms with E-state index in [-0.39, 0.29) is 12.3 Å². The Morgan fingerprint density at radius 1 is 1.07 bits per heavy atom. The number of aromatic nitrogens is 4. The van der Waals surface area contributed by atoms with Gasteiger partial charge in [-0.3, -0.25) is 9.59 Å². The molecule has 9 bridgehead atoms. The molecule has 7 heterocycles. The van der Waals surface area contributed by atoms with Crippen LogP contribution in [0.25, 0.3) is 11.2 Å². The smallest absolute Gasteiger partial charge is 0.304 e. The van der Waals surface area contributed by atoms with Gasteiger partial charge in [-0.25, -0.2) is 9.67 Å². The molecule has 9 heteroatoms. The highest BCUT2D eigenvalue weighted by atomic mass is 16.5. The molecule has 0 radical (unpaired) electrons. The number of hydrogen-bond donors (Lipinski definition) is 1. The highest BCUT2D eigenvalue weighted by Crippen LogP contribution is 2.35. The highest BCUT2D eigenvalue weighted by molar-refractivity contribution is 5.97. The lowest BCUT2D eigenvalue weighted by Gasteiger charge is -2.30. The van der Waals surface area contributed by atoms with Crippen LogP contribution in [0.2, 0.25) is 0 Å². The Hall–Kier alpha value is -4.27. The van der Waals surface area contributed by atoms with Gasteiger partial charge in [-0.05, 0) is 78.1 Å². The van der Waals surface area contributed by atoms with Crippen molar-refractivity contribution >= 4 is 23.0 Å². The zero-order chi connectivity index (χ0) is 27.8. The molecule has 0 fully saturated rings. The van der Waals surface area contributed by atoms with Crippen molar-refractivity contribution < 1.29 is 19.4 Å². The van der Waals surface area contributed by atoms with Gasteiger partial charge in [0.25, 0.3) is 5.91 Å². The molecule has 9 nitrogen and oxygen atoms in total. The summed E-state index contributed by atoms with van der Waals surface area (Å²) in [5.74, 6) is -0.746. The molecule has 0 saturated carbocycles. The second-order valence-corrected chi connectivity index (χ2v) is 10.8. The maximum atomic E-state index is 13.6. The van der Waals surface area contributed by atoms with E-state index in [4.69, 9.17) is 9.72 Å². The number of carboxylic acid groups (broad SMARTS) is 1. The lowest BCUT2D eigenvalue weighted by molar-refractivity contribution is -0.137. The lowest BCUT2D eigenvalue weighted by Crippen LogP contribution is -2.36. The molecule has 0 unspecified atom stereocenters. The van der Waals surface area contributed by atoms with Crippen LogP contribution in [0.1, 0.15) is 75.3 Å². The Bertz CT molecular complexity index is 1610. The van der Waals surface area contributed by atoms with Crippen LogP contribution < -0.4 is 4.74 Å². The topological polar surface area (TPSA) is 110 Å². The third kappa shape index (κ3) is 4.80. The Balaban J connectivity index is 1.45. The molecule has 1 amide bonds. The molecule has 4 aromatic rings. The van der Waals surface area contributed by atoms with Crippen molar-refractivity contribution in [3.63, 3.8) is 0 Å². The first kappa shape index (κ1) is 26.0. The van der Waals surface area contributed by atoms with Gasteiger partial charge in [0.05, 0.1) is 19.1 Å². The minimum absolute atomic E-state index is 0.0553. The first-order valence-electron chi connectivity index (χ1n) is 13.9. The summed E-state index contributed by atoms with van der Waals surface area (Å²) in [7, 11) is 1.61. The van der Waals surface area contributed by atoms with Gasteiger partial charge in [-0.15, -0.1) is 5.10 Å².